The summed E-state index contributed by atoms with van der Waals surface area (Å²) in [5, 5.41) is 18.9. The lowest BCUT2D eigenvalue weighted by Crippen LogP contribution is -2.12. The quantitative estimate of drug-likeness (QED) is 0.175. The van der Waals surface area contributed by atoms with Crippen LogP contribution in [0.3, 0.4) is 0 Å². The van der Waals surface area contributed by atoms with E-state index in [0.717, 1.165) is 55.8 Å². The van der Waals surface area contributed by atoms with Crippen LogP contribution in [-0.2, 0) is 0 Å². The summed E-state index contributed by atoms with van der Waals surface area (Å²) < 4.78 is 0. The van der Waals surface area contributed by atoms with Gasteiger partial charge in [-0.2, -0.15) is 5.26 Å². The fourth-order valence-corrected chi connectivity index (χ4v) is 7.02. The Morgan fingerprint density at radius 3 is 1.54 bits per heavy atom. The average molecular weight is 613 g/mol. The Morgan fingerprint density at radius 2 is 0.938 bits per heavy atom. The van der Waals surface area contributed by atoms with E-state index in [1.807, 2.05) is 48.7 Å². The number of nitrogens with zero attached hydrogens (tertiary/aromatic N) is 4. The van der Waals surface area contributed by atoms with Crippen LogP contribution in [0.4, 0.5) is 34.3 Å². The Labute approximate surface area is 278 Å². The number of pyridine rings is 1. The Morgan fingerprint density at radius 1 is 0.438 bits per heavy atom. The molecule has 0 bridgehead atoms. The van der Waals surface area contributed by atoms with Crippen molar-refractivity contribution in [3.05, 3.63) is 176 Å². The van der Waals surface area contributed by atoms with Crippen molar-refractivity contribution in [3.63, 3.8) is 0 Å². The molecule has 0 aliphatic heterocycles. The summed E-state index contributed by atoms with van der Waals surface area (Å²) in [7, 11) is 0. The van der Waals surface area contributed by atoms with Crippen molar-refractivity contribution in [3.8, 4) is 6.07 Å². The molecule has 0 aliphatic carbocycles. The SMILES string of the molecule is N#Cc1ccc(N(c2ccccc2)c2ccc3ccc4c(N(c5ccccc5)c5cc6ccccc6cn5)ccc5ccc2c3c54)cc1. The molecule has 0 fully saturated rings. The molecule has 0 saturated heterocycles. The highest BCUT2D eigenvalue weighted by atomic mass is 15.2. The Kier molecular flexibility index (Phi) is 6.48. The maximum Gasteiger partial charge on any atom is 0.138 e. The van der Waals surface area contributed by atoms with E-state index in [1.165, 1.54) is 21.5 Å². The molecule has 0 aliphatic rings. The highest BCUT2D eigenvalue weighted by Gasteiger charge is 2.22. The van der Waals surface area contributed by atoms with Gasteiger partial charge in [-0.25, -0.2) is 4.98 Å². The second kappa shape index (κ2) is 11.3. The fourth-order valence-electron chi connectivity index (χ4n) is 7.02. The number of hydrogen-bond donors (Lipinski definition) is 0. The Bertz CT molecular complexity index is 2620. The lowest BCUT2D eigenvalue weighted by molar-refractivity contribution is 1.20. The molecular weight excluding hydrogens is 585 g/mol. The van der Waals surface area contributed by atoms with Gasteiger partial charge in [-0.15, -0.1) is 0 Å². The third-order valence-electron chi connectivity index (χ3n) is 9.23. The van der Waals surface area contributed by atoms with Crippen molar-refractivity contribution in [1.29, 1.82) is 5.26 Å². The maximum absolute atomic E-state index is 9.48. The minimum absolute atomic E-state index is 0.638. The molecule has 0 saturated carbocycles. The summed E-state index contributed by atoms with van der Waals surface area (Å²) in [6.45, 7) is 0. The van der Waals surface area contributed by atoms with Crippen molar-refractivity contribution in [2.24, 2.45) is 0 Å². The van der Waals surface area contributed by atoms with Gasteiger partial charge >= 0.3 is 0 Å². The van der Waals surface area contributed by atoms with Crippen molar-refractivity contribution in [1.82, 2.24) is 4.98 Å². The lowest BCUT2D eigenvalue weighted by Gasteiger charge is -2.29. The van der Waals surface area contributed by atoms with Crippen LogP contribution in [0.5, 0.6) is 0 Å². The van der Waals surface area contributed by atoms with Gasteiger partial charge in [0.05, 0.1) is 23.0 Å². The number of rotatable bonds is 6. The molecule has 9 rings (SSSR count). The Balaban J connectivity index is 1.30. The van der Waals surface area contributed by atoms with Crippen LogP contribution in [0.2, 0.25) is 0 Å². The van der Waals surface area contributed by atoms with E-state index in [4.69, 9.17) is 4.98 Å². The van der Waals surface area contributed by atoms with Gasteiger partial charge in [0.15, 0.2) is 0 Å². The molecule has 0 N–H and O–H groups in total. The summed E-state index contributed by atoms with van der Waals surface area (Å²) in [4.78, 5) is 9.54. The molecule has 0 amide bonds. The number of fused-ring (bicyclic) bond motifs is 1. The zero-order valence-electron chi connectivity index (χ0n) is 26.0. The molecule has 0 radical (unpaired) electrons. The highest BCUT2D eigenvalue weighted by Crippen LogP contribution is 2.47. The number of anilines is 6. The molecule has 9 aromatic rings. The maximum atomic E-state index is 9.48. The van der Waals surface area contributed by atoms with Gasteiger partial charge in [0.25, 0.3) is 0 Å². The zero-order valence-corrected chi connectivity index (χ0v) is 26.0. The minimum atomic E-state index is 0.638. The normalized spacial score (nSPS) is 11.3. The van der Waals surface area contributed by atoms with Gasteiger partial charge in [0, 0.05) is 39.4 Å². The van der Waals surface area contributed by atoms with Gasteiger partial charge in [0.2, 0.25) is 0 Å². The first-order valence-corrected chi connectivity index (χ1v) is 16.0. The second-order valence-electron chi connectivity index (χ2n) is 12.0. The summed E-state index contributed by atoms with van der Waals surface area (Å²) in [5.74, 6) is 0.867. The first kappa shape index (κ1) is 27.6. The molecule has 0 spiro atoms. The van der Waals surface area contributed by atoms with Crippen LogP contribution < -0.4 is 9.80 Å². The zero-order chi connectivity index (χ0) is 32.0. The number of para-hydroxylation sites is 2. The largest absolute Gasteiger partial charge is 0.310 e. The van der Waals surface area contributed by atoms with Crippen LogP contribution in [0.15, 0.2) is 170 Å². The number of hydrogen-bond acceptors (Lipinski definition) is 4. The van der Waals surface area contributed by atoms with Crippen LogP contribution >= 0.6 is 0 Å². The molecule has 1 aromatic heterocycles. The van der Waals surface area contributed by atoms with Crippen molar-refractivity contribution in [2.45, 2.75) is 0 Å². The van der Waals surface area contributed by atoms with E-state index in [9.17, 15) is 5.26 Å². The molecule has 0 atom stereocenters. The monoisotopic (exact) mass is 612 g/mol. The first-order valence-electron chi connectivity index (χ1n) is 16.0. The van der Waals surface area contributed by atoms with E-state index in [2.05, 4.69) is 137 Å². The van der Waals surface area contributed by atoms with Gasteiger partial charge in [0.1, 0.15) is 5.82 Å². The molecule has 1 heterocycles. The van der Waals surface area contributed by atoms with Crippen LogP contribution in [0, 0.1) is 11.3 Å². The number of aromatic nitrogens is 1. The van der Waals surface area contributed by atoms with E-state index < -0.39 is 0 Å². The highest BCUT2D eigenvalue weighted by molar-refractivity contribution is 6.28. The van der Waals surface area contributed by atoms with Gasteiger partial charge in [-0.1, -0.05) is 97.1 Å². The van der Waals surface area contributed by atoms with E-state index in [0.29, 0.717) is 5.56 Å². The molecule has 0 unspecified atom stereocenters. The van der Waals surface area contributed by atoms with E-state index in [1.54, 1.807) is 0 Å². The van der Waals surface area contributed by atoms with E-state index in [-0.39, 0.29) is 0 Å². The molecule has 48 heavy (non-hydrogen) atoms. The first-order chi connectivity index (χ1) is 23.8. The summed E-state index contributed by atoms with van der Waals surface area (Å²) >= 11 is 0. The fraction of sp³-hybridized carbons (Fsp3) is 0. The standard InChI is InChI=1S/C44H28N4/c45-28-30-15-21-37(22-16-30)47(35-11-3-1-4-12-35)40-25-19-31-18-24-39-41(26-20-32-17-23-38(40)43(31)44(32)39)48(36-13-5-2-6-14-36)42-27-33-9-7-8-10-34(33)29-46-42/h1-27,29H. The summed E-state index contributed by atoms with van der Waals surface area (Å²) in [6.07, 6.45) is 1.96. The molecular formula is C44H28N4. The lowest BCUT2D eigenvalue weighted by atomic mass is 9.91. The summed E-state index contributed by atoms with van der Waals surface area (Å²) in [6, 6.07) is 59.4. The molecule has 4 nitrogen and oxygen atoms in total. The van der Waals surface area contributed by atoms with Crippen LogP contribution in [0.1, 0.15) is 5.56 Å². The average Bonchev–Trinajstić information content (AvgIpc) is 3.16. The van der Waals surface area contributed by atoms with Crippen LogP contribution in [-0.4, -0.2) is 4.98 Å². The van der Waals surface area contributed by atoms with Gasteiger partial charge in [-0.3, -0.25) is 4.90 Å². The number of benzene rings is 8. The van der Waals surface area contributed by atoms with Gasteiger partial charge in [-0.05, 0) is 93.7 Å². The predicted octanol–water partition coefficient (Wildman–Crippen LogP) is 11.9. The third-order valence-corrected chi connectivity index (χ3v) is 9.23. The van der Waals surface area contributed by atoms with E-state index >= 15 is 0 Å². The predicted molar refractivity (Wildman–Crippen MR) is 200 cm³/mol. The van der Waals surface area contributed by atoms with Crippen molar-refractivity contribution in [2.75, 3.05) is 9.80 Å². The number of nitriles is 1. The summed E-state index contributed by atoms with van der Waals surface area (Å²) in [5.41, 5.74) is 5.88. The van der Waals surface area contributed by atoms with Gasteiger partial charge < -0.3 is 4.90 Å². The third kappa shape index (κ3) is 4.49. The molecule has 4 heteroatoms. The van der Waals surface area contributed by atoms with Crippen molar-refractivity contribution >= 4 is 77.3 Å². The van der Waals surface area contributed by atoms with Crippen LogP contribution in [0.25, 0.3) is 43.1 Å². The molecule has 8 aromatic carbocycles. The smallest absolute Gasteiger partial charge is 0.138 e. The topological polar surface area (TPSA) is 43.2 Å². The molecule has 224 valence electrons. The Hall–Kier alpha value is -6.70. The van der Waals surface area contributed by atoms with Crippen molar-refractivity contribution < 1.29 is 0 Å². The minimum Gasteiger partial charge on any atom is -0.310 e. The second-order valence-corrected chi connectivity index (χ2v) is 12.0.